The van der Waals surface area contributed by atoms with E-state index in [-0.39, 0.29) is 17.4 Å². The molecule has 0 aliphatic heterocycles. The van der Waals surface area contributed by atoms with Gasteiger partial charge in [-0.1, -0.05) is 57.7 Å². The van der Waals surface area contributed by atoms with E-state index in [9.17, 15) is 9.59 Å². The van der Waals surface area contributed by atoms with Crippen molar-refractivity contribution >= 4 is 29.3 Å². The number of carbonyl (C=O) groups excluding carboxylic acids is 2. The number of carbonyl (C=O) groups is 2. The third-order valence-electron chi connectivity index (χ3n) is 4.03. The van der Waals surface area contributed by atoms with Crippen LogP contribution in [0.4, 0.5) is 5.69 Å². The minimum Gasteiger partial charge on any atom is -0.461 e. The molecular weight excluding hydrogens is 362 g/mol. The van der Waals surface area contributed by atoms with Gasteiger partial charge in [-0.25, -0.2) is 9.78 Å². The Morgan fingerprint density at radius 2 is 1.81 bits per heavy atom. The number of thioether (sulfide) groups is 1. The third-order valence-corrected chi connectivity index (χ3v) is 4.91. The van der Waals surface area contributed by atoms with E-state index in [4.69, 9.17) is 4.74 Å². The molecule has 0 aliphatic rings. The number of nitrogens with zero attached hydrogens (tertiary/aromatic N) is 1. The molecule has 0 saturated carbocycles. The van der Waals surface area contributed by atoms with Crippen molar-refractivity contribution in [3.05, 3.63) is 41.2 Å². The lowest BCUT2D eigenvalue weighted by molar-refractivity contribution is -0.113. The first-order valence-corrected chi connectivity index (χ1v) is 10.1. The highest BCUT2D eigenvalue weighted by atomic mass is 32.2. The van der Waals surface area contributed by atoms with Gasteiger partial charge in [0.25, 0.3) is 0 Å². The average molecular weight is 390 g/mol. The number of nitrogens with one attached hydrogen (secondary N) is 2. The highest BCUT2D eigenvalue weighted by molar-refractivity contribution is 7.99. The van der Waals surface area contributed by atoms with E-state index in [2.05, 4.69) is 55.1 Å². The number of hydrogen-bond donors (Lipinski definition) is 2. The van der Waals surface area contributed by atoms with E-state index in [0.29, 0.717) is 23.6 Å². The Hall–Kier alpha value is -2.28. The van der Waals surface area contributed by atoms with Gasteiger partial charge in [0.2, 0.25) is 5.91 Å². The summed E-state index contributed by atoms with van der Waals surface area (Å²) in [5.41, 5.74) is 3.44. The van der Waals surface area contributed by atoms with Gasteiger partial charge in [-0.3, -0.25) is 4.79 Å². The first kappa shape index (κ1) is 21.0. The van der Waals surface area contributed by atoms with Crippen molar-refractivity contribution in [2.24, 2.45) is 0 Å². The predicted octanol–water partition coefficient (Wildman–Crippen LogP) is 4.56. The summed E-state index contributed by atoms with van der Waals surface area (Å²) in [5.74, 6) is 0.255. The Labute approximate surface area is 164 Å². The van der Waals surface area contributed by atoms with Crippen LogP contribution in [0.1, 0.15) is 68.1 Å². The quantitative estimate of drug-likeness (QED) is 0.510. The Morgan fingerprint density at radius 3 is 2.37 bits per heavy atom. The zero-order valence-electron chi connectivity index (χ0n) is 16.5. The average Bonchev–Trinajstić information content (AvgIpc) is 3.09. The standard InChI is InChI=1S/C20H27N3O3S/c1-6-26-19(25)16-10-21-20(22-16)27-11-17(24)23-18-14(12(2)3)8-7-9-15(18)13(4)5/h7-10,12-13H,6,11H2,1-5H3,(H,21,22)(H,23,24). The van der Waals surface area contributed by atoms with Gasteiger partial charge in [0.05, 0.1) is 18.6 Å². The fourth-order valence-electron chi connectivity index (χ4n) is 2.69. The van der Waals surface area contributed by atoms with Gasteiger partial charge in [-0.05, 0) is 29.9 Å². The number of H-pyrrole nitrogens is 1. The number of aromatic amines is 1. The smallest absolute Gasteiger partial charge is 0.356 e. The second kappa shape index (κ2) is 9.60. The lowest BCUT2D eigenvalue weighted by atomic mass is 9.92. The number of esters is 1. The van der Waals surface area contributed by atoms with Crippen molar-refractivity contribution in [2.75, 3.05) is 17.7 Å². The Kier molecular flexibility index (Phi) is 7.47. The molecule has 6 nitrogen and oxygen atoms in total. The van der Waals surface area contributed by atoms with Crippen LogP contribution in [0.25, 0.3) is 0 Å². The largest absolute Gasteiger partial charge is 0.461 e. The molecule has 7 heteroatoms. The molecule has 2 N–H and O–H groups in total. The number of ether oxygens (including phenoxy) is 1. The molecule has 0 radical (unpaired) electrons. The summed E-state index contributed by atoms with van der Waals surface area (Å²) < 4.78 is 4.92. The number of imidazole rings is 1. The third kappa shape index (κ3) is 5.60. The monoisotopic (exact) mass is 389 g/mol. The Morgan fingerprint density at radius 1 is 1.19 bits per heavy atom. The SMILES string of the molecule is CCOC(=O)c1cnc(SCC(=O)Nc2c(C(C)C)cccc2C(C)C)[nH]1. The van der Waals surface area contributed by atoms with E-state index in [1.807, 2.05) is 6.07 Å². The molecule has 0 spiro atoms. The summed E-state index contributed by atoms with van der Waals surface area (Å²) in [6.07, 6.45) is 1.42. The fourth-order valence-corrected chi connectivity index (χ4v) is 3.34. The molecule has 0 saturated heterocycles. The highest BCUT2D eigenvalue weighted by Gasteiger charge is 2.17. The summed E-state index contributed by atoms with van der Waals surface area (Å²) in [5, 5.41) is 3.58. The van der Waals surface area contributed by atoms with Crippen molar-refractivity contribution in [3.63, 3.8) is 0 Å². The Bertz CT molecular complexity index is 773. The lowest BCUT2D eigenvalue weighted by Crippen LogP contribution is -2.17. The van der Waals surface area contributed by atoms with Crippen LogP contribution in [-0.2, 0) is 9.53 Å². The van der Waals surface area contributed by atoms with Crippen molar-refractivity contribution < 1.29 is 14.3 Å². The first-order valence-electron chi connectivity index (χ1n) is 9.11. The second-order valence-corrected chi connectivity index (χ2v) is 7.74. The van der Waals surface area contributed by atoms with Gasteiger partial charge >= 0.3 is 5.97 Å². The second-order valence-electron chi connectivity index (χ2n) is 6.78. The first-order chi connectivity index (χ1) is 12.8. The molecule has 1 aromatic heterocycles. The van der Waals surface area contributed by atoms with E-state index < -0.39 is 5.97 Å². The molecule has 0 atom stereocenters. The molecule has 2 aromatic rings. The van der Waals surface area contributed by atoms with Crippen LogP contribution in [0.3, 0.4) is 0 Å². The molecule has 27 heavy (non-hydrogen) atoms. The van der Waals surface area contributed by atoms with Gasteiger partial charge in [0.15, 0.2) is 5.16 Å². The van der Waals surface area contributed by atoms with Gasteiger partial charge in [0.1, 0.15) is 5.69 Å². The predicted molar refractivity (Wildman–Crippen MR) is 109 cm³/mol. The maximum Gasteiger partial charge on any atom is 0.356 e. The summed E-state index contributed by atoms with van der Waals surface area (Å²) in [4.78, 5) is 31.2. The maximum atomic E-state index is 12.5. The normalized spacial score (nSPS) is 11.1. The number of para-hydroxylation sites is 1. The van der Waals surface area contributed by atoms with Crippen molar-refractivity contribution in [1.82, 2.24) is 9.97 Å². The van der Waals surface area contributed by atoms with Crippen LogP contribution in [0.2, 0.25) is 0 Å². The van der Waals surface area contributed by atoms with Crippen LogP contribution in [-0.4, -0.2) is 34.2 Å². The number of benzene rings is 1. The molecule has 0 unspecified atom stereocenters. The molecule has 2 rings (SSSR count). The lowest BCUT2D eigenvalue weighted by Gasteiger charge is -2.20. The minimum absolute atomic E-state index is 0.107. The fraction of sp³-hybridized carbons (Fsp3) is 0.450. The molecular formula is C20H27N3O3S. The molecule has 1 aromatic carbocycles. The number of amides is 1. The minimum atomic E-state index is -0.450. The topological polar surface area (TPSA) is 84.1 Å². The molecule has 1 amide bonds. The van der Waals surface area contributed by atoms with E-state index in [1.54, 1.807) is 6.92 Å². The van der Waals surface area contributed by atoms with Crippen LogP contribution >= 0.6 is 11.8 Å². The molecule has 0 aliphatic carbocycles. The Balaban J connectivity index is 2.05. The van der Waals surface area contributed by atoms with Gasteiger partial charge in [-0.15, -0.1) is 0 Å². The number of anilines is 1. The summed E-state index contributed by atoms with van der Waals surface area (Å²) >= 11 is 1.25. The van der Waals surface area contributed by atoms with E-state index in [0.717, 1.165) is 16.8 Å². The zero-order valence-corrected chi connectivity index (χ0v) is 17.3. The molecule has 0 bridgehead atoms. The van der Waals surface area contributed by atoms with Crippen LogP contribution in [0.5, 0.6) is 0 Å². The summed E-state index contributed by atoms with van der Waals surface area (Å²) in [7, 11) is 0. The molecule has 1 heterocycles. The van der Waals surface area contributed by atoms with Crippen LogP contribution < -0.4 is 5.32 Å². The van der Waals surface area contributed by atoms with Gasteiger partial charge in [0, 0.05) is 5.69 Å². The summed E-state index contributed by atoms with van der Waals surface area (Å²) in [6.45, 7) is 10.5. The van der Waals surface area contributed by atoms with Crippen molar-refractivity contribution in [1.29, 1.82) is 0 Å². The van der Waals surface area contributed by atoms with Crippen molar-refractivity contribution in [2.45, 2.75) is 51.6 Å². The number of rotatable bonds is 8. The van der Waals surface area contributed by atoms with E-state index in [1.165, 1.54) is 18.0 Å². The molecule has 146 valence electrons. The highest BCUT2D eigenvalue weighted by Crippen LogP contribution is 2.32. The number of aromatic nitrogens is 2. The zero-order chi connectivity index (χ0) is 20.0. The van der Waals surface area contributed by atoms with E-state index >= 15 is 0 Å². The maximum absolute atomic E-state index is 12.5. The van der Waals surface area contributed by atoms with Gasteiger partial charge in [-0.2, -0.15) is 0 Å². The number of hydrogen-bond acceptors (Lipinski definition) is 5. The van der Waals surface area contributed by atoms with Crippen molar-refractivity contribution in [3.8, 4) is 0 Å². The van der Waals surface area contributed by atoms with Crippen LogP contribution in [0, 0.1) is 0 Å². The summed E-state index contributed by atoms with van der Waals surface area (Å²) in [6, 6.07) is 6.14. The van der Waals surface area contributed by atoms with Crippen LogP contribution in [0.15, 0.2) is 29.6 Å². The van der Waals surface area contributed by atoms with Gasteiger partial charge < -0.3 is 15.0 Å². The molecule has 0 fully saturated rings.